The van der Waals surface area contributed by atoms with Gasteiger partial charge in [0.2, 0.25) is 0 Å². The predicted molar refractivity (Wildman–Crippen MR) is 98.2 cm³/mol. The fourth-order valence-electron chi connectivity index (χ4n) is 4.60. The second-order valence-corrected chi connectivity index (χ2v) is 7.80. The van der Waals surface area contributed by atoms with Crippen LogP contribution in [0.5, 0.6) is 5.75 Å². The van der Waals surface area contributed by atoms with Gasteiger partial charge in [-0.3, -0.25) is 0 Å². The molecule has 1 unspecified atom stereocenters. The molecule has 3 atom stereocenters. The van der Waals surface area contributed by atoms with Crippen LogP contribution in [0, 0.1) is 17.8 Å². The first kappa shape index (κ1) is 15.8. The minimum absolute atomic E-state index is 0.221. The lowest BCUT2D eigenvalue weighted by Gasteiger charge is -2.38. The number of benzene rings is 1. The molecule has 1 aromatic rings. The number of halogens is 3. The number of rotatable bonds is 5. The number of alkyl halides is 3. The Hall–Kier alpha value is -1.19. The zero-order valence-corrected chi connectivity index (χ0v) is 15.4. The van der Waals surface area contributed by atoms with Crippen molar-refractivity contribution in [1.82, 2.24) is 0 Å². The van der Waals surface area contributed by atoms with Crippen LogP contribution in [0.25, 0.3) is 0 Å². The van der Waals surface area contributed by atoms with Gasteiger partial charge in [0, 0.05) is 4.11 Å². The molecule has 0 radical (unpaired) electrons. The van der Waals surface area contributed by atoms with Gasteiger partial charge in [-0.2, -0.15) is 0 Å². The van der Waals surface area contributed by atoms with Crippen LogP contribution in [0.2, 0.25) is 0 Å². The van der Waals surface area contributed by atoms with Gasteiger partial charge in [-0.1, -0.05) is 44.7 Å². The molecular formula is C22H31F3O. The SMILES string of the molecule is [2H]C1C[C@H](C2CCC(CCC)CC2)CC([2H])([2H])[C@H]1c1ccc(OC(F)(F)F)cc1. The van der Waals surface area contributed by atoms with E-state index in [1.807, 2.05) is 0 Å². The van der Waals surface area contributed by atoms with E-state index >= 15 is 0 Å². The standard InChI is InChI=1S/C22H31F3O/c1-2-3-16-4-6-17(7-5-16)18-8-10-19(11-9-18)20-12-14-21(15-13-20)26-22(23,24)25/h12-19H,2-11H2,1H3/t16?,17?,18-,19-/i10D,11D2/t10?,16?,17?,18-,19-/m0/s1. The summed E-state index contributed by atoms with van der Waals surface area (Å²) in [4.78, 5) is 0. The van der Waals surface area contributed by atoms with Gasteiger partial charge in [-0.05, 0) is 79.8 Å². The lowest BCUT2D eigenvalue weighted by Crippen LogP contribution is -2.25. The van der Waals surface area contributed by atoms with E-state index in [2.05, 4.69) is 11.7 Å². The Morgan fingerprint density at radius 2 is 1.65 bits per heavy atom. The van der Waals surface area contributed by atoms with E-state index in [4.69, 9.17) is 4.11 Å². The molecule has 0 N–H and O–H groups in total. The van der Waals surface area contributed by atoms with Gasteiger partial charge in [-0.15, -0.1) is 13.2 Å². The molecule has 1 aromatic carbocycles. The molecular weight excluding hydrogens is 337 g/mol. The largest absolute Gasteiger partial charge is 0.573 e. The second kappa shape index (κ2) is 8.67. The number of hydrogen-bond donors (Lipinski definition) is 0. The summed E-state index contributed by atoms with van der Waals surface area (Å²) in [5, 5.41) is 0. The summed E-state index contributed by atoms with van der Waals surface area (Å²) in [6.07, 6.45) is 1.38. The van der Waals surface area contributed by atoms with Gasteiger partial charge in [0.05, 0.1) is 0 Å². The molecule has 0 bridgehead atoms. The lowest BCUT2D eigenvalue weighted by atomic mass is 9.68. The van der Waals surface area contributed by atoms with Crippen LogP contribution in [0.4, 0.5) is 13.2 Å². The van der Waals surface area contributed by atoms with E-state index in [1.54, 1.807) is 0 Å². The molecule has 1 nitrogen and oxygen atoms in total. The first-order valence-electron chi connectivity index (χ1n) is 11.4. The Morgan fingerprint density at radius 1 is 1.00 bits per heavy atom. The van der Waals surface area contributed by atoms with Crippen LogP contribution in [0.15, 0.2) is 24.3 Å². The van der Waals surface area contributed by atoms with Crippen molar-refractivity contribution in [2.45, 2.75) is 83.3 Å². The van der Waals surface area contributed by atoms with Gasteiger partial charge in [0.1, 0.15) is 5.75 Å². The summed E-state index contributed by atoms with van der Waals surface area (Å²) in [6, 6.07) is 5.38. The Morgan fingerprint density at radius 3 is 2.23 bits per heavy atom. The van der Waals surface area contributed by atoms with Crippen molar-refractivity contribution in [3.63, 3.8) is 0 Å². The summed E-state index contributed by atoms with van der Waals surface area (Å²) >= 11 is 0. The maximum Gasteiger partial charge on any atom is 0.573 e. The van der Waals surface area contributed by atoms with Crippen LogP contribution < -0.4 is 4.74 Å². The van der Waals surface area contributed by atoms with E-state index in [-0.39, 0.29) is 11.7 Å². The molecule has 26 heavy (non-hydrogen) atoms. The molecule has 0 aromatic heterocycles. The summed E-state index contributed by atoms with van der Waals surface area (Å²) < 4.78 is 66.9. The van der Waals surface area contributed by atoms with Crippen molar-refractivity contribution in [1.29, 1.82) is 0 Å². The second-order valence-electron chi connectivity index (χ2n) is 7.80. The zero-order valence-electron chi connectivity index (χ0n) is 18.4. The first-order chi connectivity index (χ1) is 13.6. The average molecular weight is 372 g/mol. The van der Waals surface area contributed by atoms with Gasteiger partial charge in [-0.25, -0.2) is 0 Å². The molecule has 3 rings (SSSR count). The van der Waals surface area contributed by atoms with Gasteiger partial charge < -0.3 is 4.74 Å². The number of hydrogen-bond acceptors (Lipinski definition) is 1. The summed E-state index contributed by atoms with van der Waals surface area (Å²) in [7, 11) is 0. The number of ether oxygens (including phenoxy) is 1. The van der Waals surface area contributed by atoms with E-state index in [0.29, 0.717) is 24.3 Å². The third kappa shape index (κ3) is 5.40. The summed E-state index contributed by atoms with van der Waals surface area (Å²) in [5.74, 6) is 0.568. The third-order valence-corrected chi connectivity index (χ3v) is 6.00. The molecule has 2 saturated carbocycles. The average Bonchev–Trinajstić information content (AvgIpc) is 2.61. The highest BCUT2D eigenvalue weighted by Gasteiger charge is 2.32. The van der Waals surface area contributed by atoms with E-state index in [0.717, 1.165) is 18.8 Å². The monoisotopic (exact) mass is 371 g/mol. The zero-order chi connectivity index (χ0) is 21.2. The molecule has 0 amide bonds. The molecule has 2 aliphatic rings. The molecule has 2 fully saturated rings. The van der Waals surface area contributed by atoms with E-state index in [1.165, 1.54) is 49.9 Å². The Balaban J connectivity index is 1.66. The van der Waals surface area contributed by atoms with Crippen molar-refractivity contribution >= 4 is 0 Å². The first-order valence-corrected chi connectivity index (χ1v) is 9.87. The summed E-state index contributed by atoms with van der Waals surface area (Å²) in [6.45, 7) is 2.22. The molecule has 0 spiro atoms. The lowest BCUT2D eigenvalue weighted by molar-refractivity contribution is -0.274. The minimum Gasteiger partial charge on any atom is -0.406 e. The molecule has 0 saturated heterocycles. The maximum absolute atomic E-state index is 12.4. The van der Waals surface area contributed by atoms with E-state index < -0.39 is 25.1 Å². The Kier molecular flexibility index (Phi) is 5.28. The third-order valence-electron chi connectivity index (χ3n) is 6.00. The predicted octanol–water partition coefficient (Wildman–Crippen LogP) is 7.47. The van der Waals surface area contributed by atoms with Gasteiger partial charge in [0.15, 0.2) is 0 Å². The topological polar surface area (TPSA) is 9.23 Å². The van der Waals surface area contributed by atoms with E-state index in [9.17, 15) is 13.2 Å². The molecule has 0 aliphatic heterocycles. The maximum atomic E-state index is 12.4. The molecule has 0 heterocycles. The van der Waals surface area contributed by atoms with Gasteiger partial charge in [0.25, 0.3) is 0 Å². The van der Waals surface area contributed by atoms with Crippen molar-refractivity contribution in [2.24, 2.45) is 17.8 Å². The van der Waals surface area contributed by atoms with Crippen molar-refractivity contribution in [3.8, 4) is 5.75 Å². The van der Waals surface area contributed by atoms with Gasteiger partial charge >= 0.3 is 6.36 Å². The normalized spacial score (nSPS) is 36.6. The summed E-state index contributed by atoms with van der Waals surface area (Å²) in [5.41, 5.74) is 0.578. The van der Waals surface area contributed by atoms with Crippen molar-refractivity contribution in [2.75, 3.05) is 0 Å². The van der Waals surface area contributed by atoms with Crippen LogP contribution in [-0.4, -0.2) is 6.36 Å². The Bertz CT molecular complexity index is 654. The minimum atomic E-state index is -4.75. The smallest absolute Gasteiger partial charge is 0.406 e. The fraction of sp³-hybridized carbons (Fsp3) is 0.727. The van der Waals surface area contributed by atoms with Crippen molar-refractivity contribution in [3.05, 3.63) is 29.8 Å². The van der Waals surface area contributed by atoms with Crippen LogP contribution in [-0.2, 0) is 0 Å². The molecule has 4 heteroatoms. The fourth-order valence-corrected chi connectivity index (χ4v) is 4.60. The highest BCUT2D eigenvalue weighted by atomic mass is 19.4. The molecule has 146 valence electrons. The quantitative estimate of drug-likeness (QED) is 0.522. The van der Waals surface area contributed by atoms with Crippen molar-refractivity contribution < 1.29 is 22.0 Å². The van der Waals surface area contributed by atoms with Crippen LogP contribution >= 0.6 is 0 Å². The highest BCUT2D eigenvalue weighted by Crippen LogP contribution is 2.44. The highest BCUT2D eigenvalue weighted by molar-refractivity contribution is 5.29. The van der Waals surface area contributed by atoms with Crippen LogP contribution in [0.1, 0.15) is 86.7 Å². The Labute approximate surface area is 159 Å². The van der Waals surface area contributed by atoms with Crippen LogP contribution in [0.3, 0.4) is 0 Å². The molecule has 2 aliphatic carbocycles.